The Balaban J connectivity index is 2.22. The van der Waals surface area contributed by atoms with Crippen LogP contribution in [0.2, 0.25) is 0 Å². The van der Waals surface area contributed by atoms with Crippen molar-refractivity contribution < 1.29 is 14.3 Å². The van der Waals surface area contributed by atoms with E-state index in [0.717, 1.165) is 11.8 Å². The molecule has 0 saturated carbocycles. The molecule has 0 aromatic heterocycles. The van der Waals surface area contributed by atoms with Gasteiger partial charge in [-0.2, -0.15) is 0 Å². The number of anilines is 1. The van der Waals surface area contributed by atoms with Gasteiger partial charge in [0.25, 0.3) is 0 Å². The van der Waals surface area contributed by atoms with Crippen molar-refractivity contribution in [3.8, 4) is 11.5 Å². The number of hydrogen-bond donors (Lipinski definition) is 1. The van der Waals surface area contributed by atoms with Crippen LogP contribution < -0.4 is 15.2 Å². The van der Waals surface area contributed by atoms with Crippen molar-refractivity contribution in [2.45, 2.75) is 6.61 Å². The van der Waals surface area contributed by atoms with Crippen LogP contribution in [-0.2, 0) is 6.61 Å². The number of carbonyl (C=O) groups excluding carboxylic acids is 1. The maximum Gasteiger partial charge on any atom is 0.184 e. The molecule has 98 valence electrons. The van der Waals surface area contributed by atoms with Gasteiger partial charge in [-0.1, -0.05) is 30.3 Å². The summed E-state index contributed by atoms with van der Waals surface area (Å²) in [5, 5.41) is 0. The fourth-order valence-electron chi connectivity index (χ4n) is 1.75. The van der Waals surface area contributed by atoms with Gasteiger partial charge < -0.3 is 15.2 Å². The highest BCUT2D eigenvalue weighted by molar-refractivity contribution is 5.80. The zero-order chi connectivity index (χ0) is 13.7. The normalized spacial score (nSPS) is 9.95. The topological polar surface area (TPSA) is 61.5 Å². The molecule has 0 spiro atoms. The summed E-state index contributed by atoms with van der Waals surface area (Å²) in [4.78, 5) is 10.8. The summed E-state index contributed by atoms with van der Waals surface area (Å²) in [7, 11) is 1.51. The van der Waals surface area contributed by atoms with Crippen molar-refractivity contribution in [1.29, 1.82) is 0 Å². The van der Waals surface area contributed by atoms with Crippen molar-refractivity contribution >= 4 is 12.0 Å². The van der Waals surface area contributed by atoms with Crippen LogP contribution in [-0.4, -0.2) is 13.4 Å². The first-order chi connectivity index (χ1) is 9.24. The largest absolute Gasteiger partial charge is 0.493 e. The molecule has 2 rings (SSSR count). The molecule has 0 saturated heterocycles. The first kappa shape index (κ1) is 13.0. The molecule has 0 unspecified atom stereocenters. The van der Waals surface area contributed by atoms with Gasteiger partial charge in [-0.3, -0.25) is 4.79 Å². The van der Waals surface area contributed by atoms with E-state index in [-0.39, 0.29) is 0 Å². The van der Waals surface area contributed by atoms with Crippen LogP contribution in [0.1, 0.15) is 15.9 Å². The van der Waals surface area contributed by atoms with E-state index in [9.17, 15) is 4.79 Å². The Morgan fingerprint density at radius 3 is 2.58 bits per heavy atom. The Morgan fingerprint density at radius 2 is 1.95 bits per heavy atom. The lowest BCUT2D eigenvalue weighted by atomic mass is 10.2. The standard InChI is InChI=1S/C15H15NO3/c1-18-14-8-12(9-17)7-13(16)15(14)19-10-11-5-3-2-4-6-11/h2-9H,10,16H2,1H3. The van der Waals surface area contributed by atoms with Crippen molar-refractivity contribution in [1.82, 2.24) is 0 Å². The minimum absolute atomic E-state index is 0.386. The molecule has 2 aromatic carbocycles. The number of ether oxygens (including phenoxy) is 2. The number of methoxy groups -OCH3 is 1. The maximum absolute atomic E-state index is 10.8. The molecule has 0 bridgehead atoms. The van der Waals surface area contributed by atoms with Crippen LogP contribution in [0.15, 0.2) is 42.5 Å². The molecular weight excluding hydrogens is 242 g/mol. The van der Waals surface area contributed by atoms with Gasteiger partial charge in [0.1, 0.15) is 12.9 Å². The highest BCUT2D eigenvalue weighted by Gasteiger charge is 2.11. The molecule has 0 aliphatic rings. The first-order valence-corrected chi connectivity index (χ1v) is 5.84. The Bertz CT molecular complexity index is 567. The third-order valence-electron chi connectivity index (χ3n) is 2.69. The van der Waals surface area contributed by atoms with Gasteiger partial charge in [0.15, 0.2) is 11.5 Å². The van der Waals surface area contributed by atoms with E-state index in [2.05, 4.69) is 0 Å². The Labute approximate surface area is 111 Å². The fraction of sp³-hybridized carbons (Fsp3) is 0.133. The number of hydrogen-bond acceptors (Lipinski definition) is 4. The summed E-state index contributed by atoms with van der Waals surface area (Å²) in [6.07, 6.45) is 0.722. The Kier molecular flexibility index (Phi) is 4.03. The van der Waals surface area contributed by atoms with E-state index in [4.69, 9.17) is 15.2 Å². The van der Waals surface area contributed by atoms with Gasteiger partial charge in [-0.15, -0.1) is 0 Å². The fourth-order valence-corrected chi connectivity index (χ4v) is 1.75. The minimum Gasteiger partial charge on any atom is -0.493 e. The molecule has 0 heterocycles. The summed E-state index contributed by atoms with van der Waals surface area (Å²) in [5.74, 6) is 0.912. The van der Waals surface area contributed by atoms with Gasteiger partial charge >= 0.3 is 0 Å². The maximum atomic E-state index is 10.8. The molecule has 0 radical (unpaired) electrons. The predicted octanol–water partition coefficient (Wildman–Crippen LogP) is 2.67. The lowest BCUT2D eigenvalue weighted by Gasteiger charge is -2.13. The molecule has 0 amide bonds. The van der Waals surface area contributed by atoms with Gasteiger partial charge in [0, 0.05) is 5.56 Å². The van der Waals surface area contributed by atoms with Crippen molar-refractivity contribution in [3.05, 3.63) is 53.6 Å². The lowest BCUT2D eigenvalue weighted by Crippen LogP contribution is -2.02. The highest BCUT2D eigenvalue weighted by Crippen LogP contribution is 2.35. The number of nitrogen functional groups attached to an aromatic ring is 1. The second-order valence-corrected chi connectivity index (χ2v) is 4.03. The van der Waals surface area contributed by atoms with Crippen LogP contribution in [0.3, 0.4) is 0 Å². The van der Waals surface area contributed by atoms with Crippen LogP contribution in [0, 0.1) is 0 Å². The average molecular weight is 257 g/mol. The second kappa shape index (κ2) is 5.91. The molecule has 0 fully saturated rings. The summed E-state index contributed by atoms with van der Waals surface area (Å²) < 4.78 is 10.9. The SMILES string of the molecule is COc1cc(C=O)cc(N)c1OCc1ccccc1. The van der Waals surface area contributed by atoms with Gasteiger partial charge in [0.05, 0.1) is 12.8 Å². The molecule has 2 N–H and O–H groups in total. The number of nitrogens with two attached hydrogens (primary N) is 1. The monoisotopic (exact) mass is 257 g/mol. The molecule has 0 aliphatic carbocycles. The molecule has 0 atom stereocenters. The van der Waals surface area contributed by atoms with Crippen LogP contribution >= 0.6 is 0 Å². The predicted molar refractivity (Wildman–Crippen MR) is 73.6 cm³/mol. The van der Waals surface area contributed by atoms with Crippen molar-refractivity contribution in [2.75, 3.05) is 12.8 Å². The Hall–Kier alpha value is -2.49. The molecule has 19 heavy (non-hydrogen) atoms. The van der Waals surface area contributed by atoms with E-state index in [0.29, 0.717) is 29.4 Å². The number of aldehydes is 1. The van der Waals surface area contributed by atoms with E-state index in [1.165, 1.54) is 7.11 Å². The van der Waals surface area contributed by atoms with Gasteiger partial charge in [-0.05, 0) is 17.7 Å². The van der Waals surface area contributed by atoms with Crippen LogP contribution in [0.4, 0.5) is 5.69 Å². The summed E-state index contributed by atoms with van der Waals surface area (Å²) in [6, 6.07) is 12.9. The zero-order valence-corrected chi connectivity index (χ0v) is 10.6. The minimum atomic E-state index is 0.386. The van der Waals surface area contributed by atoms with Gasteiger partial charge in [-0.25, -0.2) is 0 Å². The van der Waals surface area contributed by atoms with E-state index < -0.39 is 0 Å². The van der Waals surface area contributed by atoms with Gasteiger partial charge in [0.2, 0.25) is 0 Å². The number of benzene rings is 2. The number of carbonyl (C=O) groups is 1. The summed E-state index contributed by atoms with van der Waals surface area (Å²) in [5.41, 5.74) is 7.75. The Morgan fingerprint density at radius 1 is 1.21 bits per heavy atom. The smallest absolute Gasteiger partial charge is 0.184 e. The lowest BCUT2D eigenvalue weighted by molar-refractivity contribution is 0.112. The van der Waals surface area contributed by atoms with E-state index >= 15 is 0 Å². The third kappa shape index (κ3) is 3.04. The second-order valence-electron chi connectivity index (χ2n) is 4.03. The van der Waals surface area contributed by atoms with Crippen LogP contribution in [0.5, 0.6) is 11.5 Å². The van der Waals surface area contributed by atoms with Crippen molar-refractivity contribution in [2.24, 2.45) is 0 Å². The molecule has 2 aromatic rings. The first-order valence-electron chi connectivity index (χ1n) is 5.84. The molecule has 4 nitrogen and oxygen atoms in total. The van der Waals surface area contributed by atoms with Crippen molar-refractivity contribution in [3.63, 3.8) is 0 Å². The quantitative estimate of drug-likeness (QED) is 0.660. The summed E-state index contributed by atoms with van der Waals surface area (Å²) in [6.45, 7) is 0.391. The van der Waals surface area contributed by atoms with Crippen LogP contribution in [0.25, 0.3) is 0 Å². The third-order valence-corrected chi connectivity index (χ3v) is 2.69. The van der Waals surface area contributed by atoms with E-state index in [1.54, 1.807) is 12.1 Å². The average Bonchev–Trinajstić information content (AvgIpc) is 2.46. The summed E-state index contributed by atoms with van der Waals surface area (Å²) >= 11 is 0. The highest BCUT2D eigenvalue weighted by atomic mass is 16.5. The zero-order valence-electron chi connectivity index (χ0n) is 10.6. The molecule has 4 heteroatoms. The number of rotatable bonds is 5. The molecular formula is C15H15NO3. The molecule has 0 aliphatic heterocycles. The van der Waals surface area contributed by atoms with E-state index in [1.807, 2.05) is 30.3 Å².